The SMILES string of the molecule is CCN(C(=S)CCSCCC(F)(F)F)c1sc(C2=CN(O)CC=C2)nc1Cl. The first kappa shape index (κ1) is 22.5. The number of hydroxylamine groups is 2. The third-order valence-electron chi connectivity index (χ3n) is 3.55. The molecule has 1 aromatic heterocycles. The second kappa shape index (κ2) is 10.1. The fourth-order valence-electron chi connectivity index (χ4n) is 2.27. The van der Waals surface area contributed by atoms with Gasteiger partial charge < -0.3 is 4.90 Å². The minimum atomic E-state index is -4.12. The van der Waals surface area contributed by atoms with E-state index in [0.29, 0.717) is 45.4 Å². The molecule has 1 aliphatic heterocycles. The molecular weight excluding hydrogens is 439 g/mol. The molecule has 0 spiro atoms. The summed E-state index contributed by atoms with van der Waals surface area (Å²) in [6.07, 6.45) is 0.813. The van der Waals surface area contributed by atoms with Crippen molar-refractivity contribution in [2.75, 3.05) is 29.5 Å². The minimum Gasteiger partial charge on any atom is -0.325 e. The summed E-state index contributed by atoms with van der Waals surface area (Å²) in [7, 11) is 0. The normalized spacial score (nSPS) is 14.4. The highest BCUT2D eigenvalue weighted by molar-refractivity contribution is 7.99. The molecule has 0 radical (unpaired) electrons. The van der Waals surface area contributed by atoms with E-state index in [1.807, 2.05) is 24.0 Å². The molecule has 0 aromatic carbocycles. The lowest BCUT2D eigenvalue weighted by atomic mass is 10.2. The number of anilines is 1. The molecule has 1 aromatic rings. The predicted molar refractivity (Wildman–Crippen MR) is 111 cm³/mol. The minimum absolute atomic E-state index is 0.0296. The van der Waals surface area contributed by atoms with Crippen LogP contribution in [0.3, 0.4) is 0 Å². The number of thiocarbonyl (C=S) groups is 1. The van der Waals surface area contributed by atoms with Crippen LogP contribution in [0.25, 0.3) is 5.57 Å². The number of rotatable bonds is 8. The Bertz CT molecular complexity index is 721. The Kier molecular flexibility index (Phi) is 8.41. The number of allylic oxidation sites excluding steroid dienone is 2. The molecule has 0 bridgehead atoms. The van der Waals surface area contributed by atoms with Gasteiger partial charge in [-0.3, -0.25) is 10.3 Å². The first-order valence-corrected chi connectivity index (χ1v) is 10.9. The number of halogens is 4. The number of thioether (sulfide) groups is 1. The van der Waals surface area contributed by atoms with Gasteiger partial charge in [0.2, 0.25) is 0 Å². The number of hydrogen-bond donors (Lipinski definition) is 1. The van der Waals surface area contributed by atoms with Gasteiger partial charge in [-0.1, -0.05) is 47.3 Å². The lowest BCUT2D eigenvalue weighted by Gasteiger charge is -2.22. The fraction of sp³-hybridized carbons (Fsp3) is 0.500. The number of nitrogens with zero attached hydrogens (tertiary/aromatic N) is 3. The van der Waals surface area contributed by atoms with Crippen molar-refractivity contribution in [2.24, 2.45) is 0 Å². The smallest absolute Gasteiger partial charge is 0.325 e. The summed E-state index contributed by atoms with van der Waals surface area (Å²) in [4.78, 5) is 6.82. The van der Waals surface area contributed by atoms with Crippen LogP contribution >= 0.6 is 46.9 Å². The molecule has 4 nitrogen and oxygen atoms in total. The predicted octanol–water partition coefficient (Wildman–Crippen LogP) is 5.63. The van der Waals surface area contributed by atoms with Crippen LogP contribution in [0.5, 0.6) is 0 Å². The summed E-state index contributed by atoms with van der Waals surface area (Å²) in [5.74, 6) is 0.546. The maximum absolute atomic E-state index is 12.2. The van der Waals surface area contributed by atoms with E-state index >= 15 is 0 Å². The van der Waals surface area contributed by atoms with Crippen molar-refractivity contribution < 1.29 is 18.4 Å². The summed E-state index contributed by atoms with van der Waals surface area (Å²) in [5.41, 5.74) is 0.742. The quantitative estimate of drug-likeness (QED) is 0.403. The van der Waals surface area contributed by atoms with Gasteiger partial charge >= 0.3 is 6.18 Å². The van der Waals surface area contributed by atoms with E-state index in [-0.39, 0.29) is 5.75 Å². The zero-order chi connectivity index (χ0) is 20.0. The second-order valence-electron chi connectivity index (χ2n) is 5.59. The molecule has 0 amide bonds. The Morgan fingerprint density at radius 1 is 1.48 bits per heavy atom. The van der Waals surface area contributed by atoms with Crippen molar-refractivity contribution in [2.45, 2.75) is 25.9 Å². The van der Waals surface area contributed by atoms with Gasteiger partial charge in [0.05, 0.1) is 18.0 Å². The maximum Gasteiger partial charge on any atom is 0.389 e. The molecule has 1 N–H and O–H groups in total. The van der Waals surface area contributed by atoms with E-state index in [2.05, 4.69) is 4.98 Å². The van der Waals surface area contributed by atoms with Crippen LogP contribution in [0.2, 0.25) is 5.15 Å². The molecule has 2 rings (SSSR count). The molecule has 1 aliphatic rings. The summed E-state index contributed by atoms with van der Waals surface area (Å²) in [5, 5.41) is 12.3. The van der Waals surface area contributed by atoms with Crippen molar-refractivity contribution in [3.05, 3.63) is 28.5 Å². The standard InChI is InChI=1S/C16H19ClF3N3OS3/c1-2-23(12(25)5-8-26-9-6-16(18,19)20)15-13(17)21-14(27-15)11-4-3-7-22(24)10-11/h3-4,10,24H,2,5-9H2,1H3. The monoisotopic (exact) mass is 457 g/mol. The Morgan fingerprint density at radius 2 is 2.22 bits per heavy atom. The first-order valence-electron chi connectivity index (χ1n) is 8.16. The Hall–Kier alpha value is -0.810. The number of aromatic nitrogens is 1. The maximum atomic E-state index is 12.2. The van der Waals surface area contributed by atoms with Gasteiger partial charge in [-0.2, -0.15) is 24.9 Å². The molecule has 150 valence electrons. The third-order valence-corrected chi connectivity index (χ3v) is 6.46. The van der Waals surface area contributed by atoms with Gasteiger partial charge in [-0.15, -0.1) is 0 Å². The van der Waals surface area contributed by atoms with Crippen LogP contribution in [-0.4, -0.2) is 51.0 Å². The first-order chi connectivity index (χ1) is 12.7. The van der Waals surface area contributed by atoms with Gasteiger partial charge in [0.15, 0.2) is 5.15 Å². The Labute approximate surface area is 174 Å². The zero-order valence-corrected chi connectivity index (χ0v) is 17.7. The van der Waals surface area contributed by atoms with E-state index in [1.54, 1.807) is 6.20 Å². The molecule has 0 aliphatic carbocycles. The molecule has 27 heavy (non-hydrogen) atoms. The number of thiazole rings is 1. The van der Waals surface area contributed by atoms with Crippen LogP contribution in [0.1, 0.15) is 24.8 Å². The summed E-state index contributed by atoms with van der Waals surface area (Å²) >= 11 is 14.3. The molecule has 11 heteroatoms. The highest BCUT2D eigenvalue weighted by Gasteiger charge is 2.26. The van der Waals surface area contributed by atoms with Gasteiger partial charge in [0.25, 0.3) is 0 Å². The molecule has 0 saturated carbocycles. The second-order valence-corrected chi connectivity index (χ2v) is 8.62. The summed E-state index contributed by atoms with van der Waals surface area (Å²) < 4.78 is 36.5. The van der Waals surface area contributed by atoms with Crippen molar-refractivity contribution in [1.82, 2.24) is 10.0 Å². The summed E-state index contributed by atoms with van der Waals surface area (Å²) in [6.45, 7) is 2.91. The van der Waals surface area contributed by atoms with Gasteiger partial charge in [0, 0.05) is 30.5 Å². The lowest BCUT2D eigenvalue weighted by Crippen LogP contribution is -2.28. The van der Waals surface area contributed by atoms with Crippen LogP contribution in [0, 0.1) is 0 Å². The van der Waals surface area contributed by atoms with Crippen LogP contribution in [0.4, 0.5) is 18.2 Å². The zero-order valence-electron chi connectivity index (χ0n) is 14.5. The Balaban J connectivity index is 1.98. The van der Waals surface area contributed by atoms with Crippen molar-refractivity contribution in [1.29, 1.82) is 0 Å². The topological polar surface area (TPSA) is 39.6 Å². The van der Waals surface area contributed by atoms with Gasteiger partial charge in [-0.05, 0) is 12.7 Å². The number of alkyl halides is 3. The van der Waals surface area contributed by atoms with Gasteiger partial charge in [-0.25, -0.2) is 4.98 Å². The average molecular weight is 458 g/mol. The van der Waals surface area contributed by atoms with E-state index in [0.717, 1.165) is 10.6 Å². The lowest BCUT2D eigenvalue weighted by molar-refractivity contribution is -0.129. The van der Waals surface area contributed by atoms with Gasteiger partial charge in [0.1, 0.15) is 10.0 Å². The third kappa shape index (κ3) is 6.94. The van der Waals surface area contributed by atoms with Crippen molar-refractivity contribution in [3.8, 4) is 0 Å². The van der Waals surface area contributed by atoms with Crippen LogP contribution in [-0.2, 0) is 0 Å². The summed E-state index contributed by atoms with van der Waals surface area (Å²) in [6, 6.07) is 0. The van der Waals surface area contributed by atoms with E-state index < -0.39 is 12.6 Å². The number of hydrogen-bond acceptors (Lipinski definition) is 6. The van der Waals surface area contributed by atoms with Crippen LogP contribution in [0.15, 0.2) is 18.4 Å². The largest absolute Gasteiger partial charge is 0.389 e. The molecule has 0 atom stereocenters. The molecule has 0 saturated heterocycles. The van der Waals surface area contributed by atoms with E-state index in [9.17, 15) is 18.4 Å². The highest BCUT2D eigenvalue weighted by Crippen LogP contribution is 2.37. The van der Waals surface area contributed by atoms with E-state index in [1.165, 1.54) is 23.1 Å². The van der Waals surface area contributed by atoms with Crippen LogP contribution < -0.4 is 4.90 Å². The Morgan fingerprint density at radius 3 is 2.85 bits per heavy atom. The molecule has 0 unspecified atom stereocenters. The molecule has 2 heterocycles. The molecular formula is C16H19ClF3N3OS3. The highest BCUT2D eigenvalue weighted by atomic mass is 35.5. The average Bonchev–Trinajstić information content (AvgIpc) is 2.96. The molecule has 0 fully saturated rings. The van der Waals surface area contributed by atoms with Crippen molar-refractivity contribution in [3.63, 3.8) is 0 Å². The fourth-order valence-corrected chi connectivity index (χ4v) is 5.09. The van der Waals surface area contributed by atoms with E-state index in [4.69, 9.17) is 23.8 Å². The van der Waals surface area contributed by atoms with Crippen molar-refractivity contribution >= 4 is 62.5 Å².